The molecule has 0 bridgehead atoms. The fourth-order valence-corrected chi connectivity index (χ4v) is 1.88. The van der Waals surface area contributed by atoms with Crippen molar-refractivity contribution >= 4 is 11.6 Å². The van der Waals surface area contributed by atoms with E-state index in [9.17, 15) is 4.79 Å². The molecule has 0 unspecified atom stereocenters. The summed E-state index contributed by atoms with van der Waals surface area (Å²) in [4.78, 5) is 14.0. The van der Waals surface area contributed by atoms with Crippen molar-refractivity contribution in [3.8, 4) is 11.5 Å². The van der Waals surface area contributed by atoms with Gasteiger partial charge in [0, 0.05) is 18.8 Å². The van der Waals surface area contributed by atoms with Gasteiger partial charge in [-0.2, -0.15) is 0 Å². The molecule has 0 aromatic heterocycles. The number of likely N-dealkylation sites (N-methyl/N-ethyl adjacent to an activating group) is 2. The topological polar surface area (TPSA) is 50.8 Å². The van der Waals surface area contributed by atoms with Gasteiger partial charge in [0.25, 0.3) is 0 Å². The Morgan fingerprint density at radius 2 is 1.89 bits per heavy atom. The summed E-state index contributed by atoms with van der Waals surface area (Å²) in [5.41, 5.74) is 0.180. The highest BCUT2D eigenvalue weighted by atomic mass is 16.6. The standard InChI is InChI=1S/C14H20N2O3/c1-14(2,15-3)13(17)16(4)10-5-6-11-12(9-10)19-8-7-18-11/h5-6,9,15H,7-8H2,1-4H3. The number of fused-ring (bicyclic) bond motifs is 1. The molecule has 0 saturated heterocycles. The minimum absolute atomic E-state index is 0.00771. The van der Waals surface area contributed by atoms with Crippen LogP contribution in [0.5, 0.6) is 11.5 Å². The number of nitrogens with one attached hydrogen (secondary N) is 1. The highest BCUT2D eigenvalue weighted by Crippen LogP contribution is 2.34. The highest BCUT2D eigenvalue weighted by molar-refractivity contribution is 5.99. The molecule has 0 atom stereocenters. The number of hydrogen-bond donors (Lipinski definition) is 1. The first-order valence-electron chi connectivity index (χ1n) is 6.32. The third kappa shape index (κ3) is 2.66. The summed E-state index contributed by atoms with van der Waals surface area (Å²) in [6, 6.07) is 5.52. The molecule has 19 heavy (non-hydrogen) atoms. The van der Waals surface area contributed by atoms with E-state index in [4.69, 9.17) is 9.47 Å². The number of nitrogens with zero attached hydrogens (tertiary/aromatic N) is 1. The maximum absolute atomic E-state index is 12.4. The molecule has 0 fully saturated rings. The summed E-state index contributed by atoms with van der Waals surface area (Å²) in [5, 5.41) is 3.01. The third-order valence-corrected chi connectivity index (χ3v) is 3.38. The largest absolute Gasteiger partial charge is 0.486 e. The van der Waals surface area contributed by atoms with Gasteiger partial charge in [-0.15, -0.1) is 0 Å². The van der Waals surface area contributed by atoms with Crippen LogP contribution in [0.25, 0.3) is 0 Å². The van der Waals surface area contributed by atoms with Crippen molar-refractivity contribution in [2.75, 3.05) is 32.2 Å². The molecule has 0 spiro atoms. The molecule has 104 valence electrons. The molecule has 1 amide bonds. The lowest BCUT2D eigenvalue weighted by Gasteiger charge is -2.29. The van der Waals surface area contributed by atoms with Crippen LogP contribution in [0.2, 0.25) is 0 Å². The summed E-state index contributed by atoms with van der Waals surface area (Å²) < 4.78 is 11.0. The van der Waals surface area contributed by atoms with Crippen molar-refractivity contribution < 1.29 is 14.3 Å². The predicted octanol–water partition coefficient (Wildman–Crippen LogP) is 1.42. The SMILES string of the molecule is CNC(C)(C)C(=O)N(C)c1ccc2c(c1)OCCO2. The molecule has 1 aromatic rings. The van der Waals surface area contributed by atoms with E-state index in [-0.39, 0.29) is 5.91 Å². The van der Waals surface area contributed by atoms with E-state index in [2.05, 4.69) is 5.32 Å². The van der Waals surface area contributed by atoms with Gasteiger partial charge in [-0.1, -0.05) is 0 Å². The molecule has 1 N–H and O–H groups in total. The number of benzene rings is 1. The highest BCUT2D eigenvalue weighted by Gasteiger charge is 2.29. The number of rotatable bonds is 3. The monoisotopic (exact) mass is 264 g/mol. The third-order valence-electron chi connectivity index (χ3n) is 3.38. The summed E-state index contributed by atoms with van der Waals surface area (Å²) in [7, 11) is 3.53. The van der Waals surface area contributed by atoms with E-state index < -0.39 is 5.54 Å². The number of carbonyl (C=O) groups is 1. The van der Waals surface area contributed by atoms with Gasteiger partial charge in [-0.3, -0.25) is 4.79 Å². The molecule has 0 radical (unpaired) electrons. The number of hydrogen-bond acceptors (Lipinski definition) is 4. The minimum atomic E-state index is -0.609. The summed E-state index contributed by atoms with van der Waals surface area (Å²) in [5.74, 6) is 1.40. The van der Waals surface area contributed by atoms with Crippen molar-refractivity contribution in [1.82, 2.24) is 5.32 Å². The van der Waals surface area contributed by atoms with Crippen molar-refractivity contribution in [3.63, 3.8) is 0 Å². The Hall–Kier alpha value is -1.75. The molecular weight excluding hydrogens is 244 g/mol. The average Bonchev–Trinajstić information content (AvgIpc) is 2.45. The Morgan fingerprint density at radius 1 is 1.26 bits per heavy atom. The quantitative estimate of drug-likeness (QED) is 0.897. The Labute approximate surface area is 113 Å². The molecule has 5 heteroatoms. The van der Waals surface area contributed by atoms with Crippen LogP contribution in [-0.4, -0.2) is 38.8 Å². The van der Waals surface area contributed by atoms with Crippen molar-refractivity contribution in [2.45, 2.75) is 19.4 Å². The van der Waals surface area contributed by atoms with Gasteiger partial charge in [-0.05, 0) is 33.0 Å². The Balaban J connectivity index is 2.24. The molecule has 1 aliphatic rings. The van der Waals surface area contributed by atoms with Crippen LogP contribution in [0.3, 0.4) is 0 Å². The van der Waals surface area contributed by atoms with Gasteiger partial charge in [-0.25, -0.2) is 0 Å². The first-order chi connectivity index (χ1) is 8.95. The summed E-state index contributed by atoms with van der Waals surface area (Å²) >= 11 is 0. The first kappa shape index (κ1) is 13.7. The minimum Gasteiger partial charge on any atom is -0.486 e. The van der Waals surface area contributed by atoms with Crippen LogP contribution in [0.4, 0.5) is 5.69 Å². The van der Waals surface area contributed by atoms with Crippen LogP contribution in [-0.2, 0) is 4.79 Å². The predicted molar refractivity (Wildman–Crippen MR) is 74.0 cm³/mol. The normalized spacial score (nSPS) is 14.1. The van der Waals surface area contributed by atoms with Gasteiger partial charge >= 0.3 is 0 Å². The van der Waals surface area contributed by atoms with Crippen molar-refractivity contribution in [2.24, 2.45) is 0 Å². The average molecular weight is 264 g/mol. The van der Waals surface area contributed by atoms with Gasteiger partial charge in [0.2, 0.25) is 5.91 Å². The molecule has 0 saturated carbocycles. The van der Waals surface area contributed by atoms with E-state index >= 15 is 0 Å². The summed E-state index contributed by atoms with van der Waals surface area (Å²) in [6.45, 7) is 4.80. The lowest BCUT2D eigenvalue weighted by atomic mass is 10.0. The molecule has 2 rings (SSSR count). The number of ether oxygens (including phenoxy) is 2. The first-order valence-corrected chi connectivity index (χ1v) is 6.32. The molecule has 1 aliphatic heterocycles. The molecule has 1 heterocycles. The fourth-order valence-electron chi connectivity index (χ4n) is 1.88. The lowest BCUT2D eigenvalue weighted by molar-refractivity contribution is -0.123. The second kappa shape index (κ2) is 5.09. The van der Waals surface area contributed by atoms with Crippen LogP contribution in [0.15, 0.2) is 18.2 Å². The van der Waals surface area contributed by atoms with Gasteiger partial charge in [0.15, 0.2) is 11.5 Å². The van der Waals surface area contributed by atoms with Gasteiger partial charge in [0.05, 0.1) is 5.54 Å². The summed E-state index contributed by atoms with van der Waals surface area (Å²) in [6.07, 6.45) is 0. The second-order valence-electron chi connectivity index (χ2n) is 5.07. The second-order valence-corrected chi connectivity index (χ2v) is 5.07. The smallest absolute Gasteiger partial charge is 0.246 e. The Kier molecular flexibility index (Phi) is 3.66. The molecule has 5 nitrogen and oxygen atoms in total. The van der Waals surface area contributed by atoms with Gasteiger partial charge in [0.1, 0.15) is 13.2 Å². The zero-order valence-corrected chi connectivity index (χ0v) is 11.8. The van der Waals surface area contributed by atoms with Crippen LogP contribution >= 0.6 is 0 Å². The maximum atomic E-state index is 12.4. The fraction of sp³-hybridized carbons (Fsp3) is 0.500. The van der Waals surface area contributed by atoms with E-state index in [0.29, 0.717) is 19.0 Å². The van der Waals surface area contributed by atoms with Crippen molar-refractivity contribution in [3.05, 3.63) is 18.2 Å². The number of anilines is 1. The van der Waals surface area contributed by atoms with Crippen LogP contribution in [0, 0.1) is 0 Å². The number of amides is 1. The lowest BCUT2D eigenvalue weighted by Crippen LogP contribution is -2.51. The molecule has 0 aliphatic carbocycles. The number of carbonyl (C=O) groups excluding carboxylic acids is 1. The molecular formula is C14H20N2O3. The van der Waals surface area contributed by atoms with E-state index in [1.165, 1.54) is 0 Å². The van der Waals surface area contributed by atoms with Crippen LogP contribution < -0.4 is 19.7 Å². The van der Waals surface area contributed by atoms with E-state index in [1.54, 1.807) is 19.0 Å². The maximum Gasteiger partial charge on any atom is 0.246 e. The molecule has 1 aromatic carbocycles. The zero-order chi connectivity index (χ0) is 14.0. The van der Waals surface area contributed by atoms with Crippen molar-refractivity contribution in [1.29, 1.82) is 0 Å². The van der Waals surface area contributed by atoms with E-state index in [1.807, 2.05) is 32.0 Å². The van der Waals surface area contributed by atoms with E-state index in [0.717, 1.165) is 11.4 Å². The zero-order valence-electron chi connectivity index (χ0n) is 11.8. The van der Waals surface area contributed by atoms with Gasteiger partial charge < -0.3 is 19.7 Å². The Morgan fingerprint density at radius 3 is 2.53 bits per heavy atom. The Bertz CT molecular complexity index is 486. The van der Waals surface area contributed by atoms with Crippen LogP contribution in [0.1, 0.15) is 13.8 Å².